The Balaban J connectivity index is 1.14. The number of para-hydroxylation sites is 1. The van der Waals surface area contributed by atoms with Crippen LogP contribution in [0.15, 0.2) is 205 Å². The summed E-state index contributed by atoms with van der Waals surface area (Å²) < 4.78 is 11.8. The Morgan fingerprint density at radius 1 is 0.362 bits per heavy atom. The number of thiophene rings is 2. The van der Waals surface area contributed by atoms with Gasteiger partial charge in [-0.05, 0) is 82.4 Å². The lowest BCUT2D eigenvalue weighted by Gasteiger charge is -2.27. The molecule has 0 unspecified atom stereocenters. The maximum Gasteiger partial charge on any atom is 0.143 e. The molecular weight excluding hydrogens is 743 g/mol. The zero-order valence-corrected chi connectivity index (χ0v) is 32.9. The predicted molar refractivity (Wildman–Crippen MR) is 250 cm³/mol. The lowest BCUT2D eigenvalue weighted by atomic mass is 9.98. The molecule has 0 aliphatic heterocycles. The van der Waals surface area contributed by atoms with Crippen molar-refractivity contribution < 1.29 is 4.42 Å². The van der Waals surface area contributed by atoms with Gasteiger partial charge in [0.25, 0.3) is 0 Å². The first-order chi connectivity index (χ1) is 28.7. The summed E-state index contributed by atoms with van der Waals surface area (Å²) in [4.78, 5) is 2.47. The van der Waals surface area contributed by atoms with Crippen LogP contribution in [-0.4, -0.2) is 0 Å². The molecule has 2 nitrogen and oxygen atoms in total. The molecule has 0 amide bonds. The van der Waals surface area contributed by atoms with E-state index in [-0.39, 0.29) is 0 Å². The molecule has 0 atom stereocenters. The number of fused-ring (bicyclic) bond motifs is 9. The second-order valence-electron chi connectivity index (χ2n) is 14.8. The smallest absolute Gasteiger partial charge is 0.143 e. The van der Waals surface area contributed by atoms with Gasteiger partial charge in [-0.2, -0.15) is 0 Å². The van der Waals surface area contributed by atoms with Gasteiger partial charge in [-0.3, -0.25) is 0 Å². The molecule has 3 aromatic heterocycles. The molecule has 272 valence electrons. The van der Waals surface area contributed by atoms with Crippen LogP contribution in [0.1, 0.15) is 0 Å². The van der Waals surface area contributed by atoms with Gasteiger partial charge in [0.05, 0.1) is 5.69 Å². The van der Waals surface area contributed by atoms with E-state index in [0.29, 0.717) is 0 Å². The van der Waals surface area contributed by atoms with Crippen molar-refractivity contribution in [3.05, 3.63) is 200 Å². The number of benzene rings is 9. The molecular formula is C54H33NOS2. The summed E-state index contributed by atoms with van der Waals surface area (Å²) in [7, 11) is 0. The molecule has 3 heterocycles. The van der Waals surface area contributed by atoms with E-state index in [2.05, 4.69) is 205 Å². The zero-order chi connectivity index (χ0) is 38.2. The summed E-state index contributed by atoms with van der Waals surface area (Å²) in [5.41, 5.74) is 12.3. The third kappa shape index (κ3) is 5.30. The molecule has 0 saturated heterocycles. The van der Waals surface area contributed by atoms with Crippen LogP contribution in [0.4, 0.5) is 17.1 Å². The fourth-order valence-electron chi connectivity index (χ4n) is 8.75. The van der Waals surface area contributed by atoms with Crippen molar-refractivity contribution in [3.63, 3.8) is 0 Å². The normalized spacial score (nSPS) is 11.8. The van der Waals surface area contributed by atoms with E-state index >= 15 is 0 Å². The maximum atomic E-state index is 6.69. The van der Waals surface area contributed by atoms with Gasteiger partial charge in [0.15, 0.2) is 0 Å². The Labute approximate surface area is 343 Å². The van der Waals surface area contributed by atoms with E-state index < -0.39 is 0 Å². The van der Waals surface area contributed by atoms with Crippen molar-refractivity contribution in [3.8, 4) is 33.4 Å². The number of rotatable bonds is 6. The first kappa shape index (κ1) is 33.2. The molecule has 4 heteroatoms. The fraction of sp³-hybridized carbons (Fsp3) is 0. The Bertz CT molecular complexity index is 3510. The van der Waals surface area contributed by atoms with E-state index in [1.165, 1.54) is 62.6 Å². The van der Waals surface area contributed by atoms with Gasteiger partial charge in [0.2, 0.25) is 0 Å². The van der Waals surface area contributed by atoms with Crippen molar-refractivity contribution in [1.29, 1.82) is 0 Å². The number of nitrogens with zero attached hydrogens (tertiary/aromatic N) is 1. The van der Waals surface area contributed by atoms with Crippen molar-refractivity contribution in [2.75, 3.05) is 4.90 Å². The van der Waals surface area contributed by atoms with Crippen molar-refractivity contribution in [2.45, 2.75) is 0 Å². The molecule has 0 aliphatic carbocycles. The summed E-state index contributed by atoms with van der Waals surface area (Å²) >= 11 is 3.74. The lowest BCUT2D eigenvalue weighted by molar-refractivity contribution is 0.670. The number of hydrogen-bond donors (Lipinski definition) is 0. The van der Waals surface area contributed by atoms with Gasteiger partial charge in [-0.1, -0.05) is 146 Å². The second kappa shape index (κ2) is 13.3. The first-order valence-corrected chi connectivity index (χ1v) is 21.2. The number of hydrogen-bond acceptors (Lipinski definition) is 4. The minimum atomic E-state index is 0.875. The Morgan fingerprint density at radius 3 is 1.81 bits per heavy atom. The SMILES string of the molecule is c1ccc(-c2ccc3c(c2)sc2c(-c4ccccc4)ccc(N(c4ccc5oc6c(-c7ccccc7)cccc6c5c4)c4ccc5sc6ccccc6c5c4)c23)cc1. The van der Waals surface area contributed by atoms with Gasteiger partial charge in [0.1, 0.15) is 11.2 Å². The van der Waals surface area contributed by atoms with Crippen molar-refractivity contribution in [2.24, 2.45) is 0 Å². The molecule has 9 aromatic carbocycles. The molecule has 12 aromatic rings. The average molecular weight is 776 g/mol. The molecule has 0 bridgehead atoms. The highest BCUT2D eigenvalue weighted by Gasteiger charge is 2.23. The molecule has 0 N–H and O–H groups in total. The van der Waals surface area contributed by atoms with Crippen LogP contribution in [0.3, 0.4) is 0 Å². The van der Waals surface area contributed by atoms with E-state index in [1.54, 1.807) is 0 Å². The summed E-state index contributed by atoms with van der Waals surface area (Å²) in [6.45, 7) is 0. The Hall–Kier alpha value is -6.98. The molecule has 0 saturated carbocycles. The second-order valence-corrected chi connectivity index (χ2v) is 17.0. The summed E-state index contributed by atoms with van der Waals surface area (Å²) in [5.74, 6) is 0. The Kier molecular flexibility index (Phi) is 7.62. The van der Waals surface area contributed by atoms with Gasteiger partial charge in [0, 0.05) is 68.1 Å². The minimum Gasteiger partial charge on any atom is -0.455 e. The highest BCUT2D eigenvalue weighted by molar-refractivity contribution is 7.26. The van der Waals surface area contributed by atoms with Gasteiger partial charge < -0.3 is 9.32 Å². The van der Waals surface area contributed by atoms with Crippen LogP contribution >= 0.6 is 22.7 Å². The Morgan fingerprint density at radius 2 is 1.02 bits per heavy atom. The lowest BCUT2D eigenvalue weighted by Crippen LogP contribution is -2.10. The largest absolute Gasteiger partial charge is 0.455 e. The number of anilines is 3. The average Bonchev–Trinajstić information content (AvgIpc) is 3.98. The van der Waals surface area contributed by atoms with Gasteiger partial charge >= 0.3 is 0 Å². The van der Waals surface area contributed by atoms with Gasteiger partial charge in [-0.25, -0.2) is 0 Å². The molecule has 0 fully saturated rings. The first-order valence-electron chi connectivity index (χ1n) is 19.6. The monoisotopic (exact) mass is 775 g/mol. The molecule has 12 rings (SSSR count). The van der Waals surface area contributed by atoms with Crippen LogP contribution in [0.5, 0.6) is 0 Å². The van der Waals surface area contributed by atoms with Crippen LogP contribution < -0.4 is 4.90 Å². The summed E-state index contributed by atoms with van der Waals surface area (Å²) in [5, 5.41) is 7.26. The topological polar surface area (TPSA) is 16.4 Å². The minimum absolute atomic E-state index is 0.875. The molecule has 58 heavy (non-hydrogen) atoms. The third-order valence-electron chi connectivity index (χ3n) is 11.5. The highest BCUT2D eigenvalue weighted by Crippen LogP contribution is 2.50. The van der Waals surface area contributed by atoms with Crippen LogP contribution in [-0.2, 0) is 0 Å². The summed E-state index contributed by atoms with van der Waals surface area (Å²) in [6, 6.07) is 72.6. The van der Waals surface area contributed by atoms with Crippen LogP contribution in [0.2, 0.25) is 0 Å². The standard InChI is InChI=1S/C54H33NOS2/c1-4-13-34(14-5-1)37-23-26-44-51(31-37)58-54-41(36-17-8-3-9-18-36)27-28-47(52(44)54)55(39-25-30-50-46(33-39)42-19-10-11-22-49(42)57-50)38-24-29-48-45(32-38)43-21-12-20-40(53(43)56-48)35-15-6-2-7-16-35/h1-33H. The quantitative estimate of drug-likeness (QED) is 0.167. The number of furan rings is 1. The summed E-state index contributed by atoms with van der Waals surface area (Å²) in [6.07, 6.45) is 0. The van der Waals surface area contributed by atoms with E-state index in [9.17, 15) is 0 Å². The molecule has 0 spiro atoms. The maximum absolute atomic E-state index is 6.69. The van der Waals surface area contributed by atoms with Gasteiger partial charge in [-0.15, -0.1) is 22.7 Å². The van der Waals surface area contributed by atoms with E-state index in [0.717, 1.165) is 50.1 Å². The van der Waals surface area contributed by atoms with E-state index in [4.69, 9.17) is 4.42 Å². The third-order valence-corrected chi connectivity index (χ3v) is 13.8. The van der Waals surface area contributed by atoms with E-state index in [1.807, 2.05) is 22.7 Å². The predicted octanol–water partition coefficient (Wildman–Crippen LogP) is 16.8. The van der Waals surface area contributed by atoms with Crippen molar-refractivity contribution >= 4 is 102 Å². The fourth-order valence-corrected chi connectivity index (χ4v) is 11.1. The molecule has 0 radical (unpaired) electrons. The van der Waals surface area contributed by atoms with Crippen molar-refractivity contribution in [1.82, 2.24) is 0 Å². The highest BCUT2D eigenvalue weighted by atomic mass is 32.1. The zero-order valence-electron chi connectivity index (χ0n) is 31.2. The molecule has 0 aliphatic rings. The van der Waals surface area contributed by atoms with Crippen LogP contribution in [0, 0.1) is 0 Å². The van der Waals surface area contributed by atoms with Crippen LogP contribution in [0.25, 0.3) is 95.7 Å².